The summed E-state index contributed by atoms with van der Waals surface area (Å²) in [7, 11) is 0. The van der Waals surface area contributed by atoms with Gasteiger partial charge in [-0.25, -0.2) is 4.39 Å². The highest BCUT2D eigenvalue weighted by Gasteiger charge is 2.16. The maximum Gasteiger partial charge on any atom is 0.133 e. The van der Waals surface area contributed by atoms with Crippen LogP contribution < -0.4 is 0 Å². The van der Waals surface area contributed by atoms with Gasteiger partial charge in [0.05, 0.1) is 0 Å². The van der Waals surface area contributed by atoms with Crippen LogP contribution in [0.1, 0.15) is 49.3 Å². The molecule has 26 heavy (non-hydrogen) atoms. The molecule has 0 radical (unpaired) electrons. The molecule has 0 atom stereocenters. The number of rotatable bonds is 5. The number of halogens is 1. The van der Waals surface area contributed by atoms with Crippen LogP contribution in [0.3, 0.4) is 0 Å². The van der Waals surface area contributed by atoms with Crippen LogP contribution in [0, 0.1) is 5.82 Å². The third kappa shape index (κ3) is 4.04. The van der Waals surface area contributed by atoms with Crippen molar-refractivity contribution < 1.29 is 4.39 Å². The van der Waals surface area contributed by atoms with E-state index in [1.54, 1.807) is 12.1 Å². The topological polar surface area (TPSA) is 34.0 Å². The summed E-state index contributed by atoms with van der Waals surface area (Å²) in [5.74, 6) is 2.18. The Morgan fingerprint density at radius 1 is 0.962 bits per heavy atom. The molecule has 0 spiro atoms. The third-order valence-electron chi connectivity index (χ3n) is 5.57. The lowest BCUT2D eigenvalue weighted by Gasteiger charge is -2.26. The minimum atomic E-state index is -0.168. The fourth-order valence-corrected chi connectivity index (χ4v) is 4.03. The van der Waals surface area contributed by atoms with E-state index >= 15 is 0 Å². The molecular weight excluding hydrogens is 327 g/mol. The molecule has 3 heterocycles. The van der Waals surface area contributed by atoms with Crippen molar-refractivity contribution in [2.45, 2.75) is 51.5 Å². The van der Waals surface area contributed by atoms with E-state index in [0.29, 0.717) is 0 Å². The first kappa shape index (κ1) is 17.4. The summed E-state index contributed by atoms with van der Waals surface area (Å²) in [4.78, 5) is 2.49. The zero-order valence-corrected chi connectivity index (χ0v) is 15.3. The van der Waals surface area contributed by atoms with Crippen LogP contribution in [-0.4, -0.2) is 39.3 Å². The maximum atomic E-state index is 13.1. The molecule has 0 bridgehead atoms. The van der Waals surface area contributed by atoms with Crippen molar-refractivity contribution in [1.29, 1.82) is 0 Å². The molecule has 1 aromatic carbocycles. The van der Waals surface area contributed by atoms with Gasteiger partial charge in [0, 0.05) is 32.5 Å². The Morgan fingerprint density at radius 3 is 2.65 bits per heavy atom. The van der Waals surface area contributed by atoms with Gasteiger partial charge in [-0.2, -0.15) is 0 Å². The molecule has 2 aliphatic rings. The summed E-state index contributed by atoms with van der Waals surface area (Å²) in [6.45, 7) is 4.23. The number of hydrogen-bond donors (Lipinski definition) is 0. The van der Waals surface area contributed by atoms with Crippen molar-refractivity contribution in [3.8, 4) is 0 Å². The van der Waals surface area contributed by atoms with E-state index in [9.17, 15) is 4.39 Å². The predicted molar refractivity (Wildman–Crippen MR) is 101 cm³/mol. The Morgan fingerprint density at radius 2 is 1.85 bits per heavy atom. The second-order valence-electron chi connectivity index (χ2n) is 7.39. The molecule has 0 fully saturated rings. The van der Waals surface area contributed by atoms with Crippen LogP contribution in [0.4, 0.5) is 4.39 Å². The van der Waals surface area contributed by atoms with Gasteiger partial charge in [0.25, 0.3) is 0 Å². The summed E-state index contributed by atoms with van der Waals surface area (Å²) in [5.41, 5.74) is 2.49. The number of fused-ring (bicyclic) bond motifs is 1. The van der Waals surface area contributed by atoms with E-state index in [0.717, 1.165) is 57.4 Å². The average molecular weight is 354 g/mol. The van der Waals surface area contributed by atoms with Gasteiger partial charge in [0.1, 0.15) is 17.5 Å². The summed E-state index contributed by atoms with van der Waals surface area (Å²) in [5, 5.41) is 8.83. The van der Waals surface area contributed by atoms with Crippen molar-refractivity contribution in [1.82, 2.24) is 19.7 Å². The van der Waals surface area contributed by atoms with Gasteiger partial charge in [0.15, 0.2) is 0 Å². The van der Waals surface area contributed by atoms with Crippen molar-refractivity contribution in [2.75, 3.05) is 19.6 Å². The Labute approximate surface area is 154 Å². The fraction of sp³-hybridized carbons (Fsp3) is 0.524. The lowest BCUT2D eigenvalue weighted by Crippen LogP contribution is -2.29. The van der Waals surface area contributed by atoms with Crippen molar-refractivity contribution >= 4 is 5.57 Å². The minimum Gasteiger partial charge on any atom is -0.315 e. The molecule has 0 aliphatic carbocycles. The van der Waals surface area contributed by atoms with Crippen LogP contribution >= 0.6 is 0 Å². The second-order valence-corrected chi connectivity index (χ2v) is 7.39. The van der Waals surface area contributed by atoms with Crippen LogP contribution in [0.5, 0.6) is 0 Å². The van der Waals surface area contributed by atoms with E-state index in [1.807, 2.05) is 12.1 Å². The molecule has 0 amide bonds. The molecule has 2 aromatic rings. The molecule has 0 N–H and O–H groups in total. The molecule has 4 rings (SSSR count). The van der Waals surface area contributed by atoms with Crippen LogP contribution in [0.25, 0.3) is 5.57 Å². The van der Waals surface area contributed by atoms with Gasteiger partial charge in [-0.1, -0.05) is 24.6 Å². The van der Waals surface area contributed by atoms with Gasteiger partial charge in [-0.05, 0) is 55.5 Å². The van der Waals surface area contributed by atoms with Gasteiger partial charge in [0.2, 0.25) is 0 Å². The lowest BCUT2D eigenvalue weighted by molar-refractivity contribution is 0.296. The van der Waals surface area contributed by atoms with Crippen molar-refractivity contribution in [3.05, 3.63) is 53.4 Å². The zero-order valence-electron chi connectivity index (χ0n) is 15.3. The first-order chi connectivity index (χ1) is 12.8. The van der Waals surface area contributed by atoms with Crippen molar-refractivity contribution in [3.63, 3.8) is 0 Å². The highest BCUT2D eigenvalue weighted by atomic mass is 19.1. The largest absolute Gasteiger partial charge is 0.315 e. The monoisotopic (exact) mass is 354 g/mol. The SMILES string of the molecule is Fc1ccc(C2=CCN(CCCc3nnc4n3CCCCC4)CC2)cc1. The third-order valence-corrected chi connectivity index (χ3v) is 5.57. The first-order valence-corrected chi connectivity index (χ1v) is 9.88. The van der Waals surface area contributed by atoms with Crippen molar-refractivity contribution in [2.24, 2.45) is 0 Å². The average Bonchev–Trinajstić information content (AvgIpc) is 2.89. The minimum absolute atomic E-state index is 0.168. The summed E-state index contributed by atoms with van der Waals surface area (Å²) < 4.78 is 15.4. The normalized spacial score (nSPS) is 18.3. The van der Waals surface area contributed by atoms with Gasteiger partial charge >= 0.3 is 0 Å². The molecular formula is C21H27FN4. The van der Waals surface area contributed by atoms with Crippen LogP contribution in [0.2, 0.25) is 0 Å². The lowest BCUT2D eigenvalue weighted by atomic mass is 9.99. The Hall–Kier alpha value is -2.01. The second kappa shape index (κ2) is 8.12. The van der Waals surface area contributed by atoms with E-state index < -0.39 is 0 Å². The highest BCUT2D eigenvalue weighted by molar-refractivity contribution is 5.66. The number of benzene rings is 1. The Bertz CT molecular complexity index is 763. The molecule has 0 unspecified atom stereocenters. The van der Waals surface area contributed by atoms with Crippen LogP contribution in [-0.2, 0) is 19.4 Å². The van der Waals surface area contributed by atoms with E-state index in [2.05, 4.69) is 25.7 Å². The fourth-order valence-electron chi connectivity index (χ4n) is 4.03. The zero-order chi connectivity index (χ0) is 17.8. The highest BCUT2D eigenvalue weighted by Crippen LogP contribution is 2.23. The van der Waals surface area contributed by atoms with Gasteiger partial charge < -0.3 is 4.57 Å². The molecule has 1 aromatic heterocycles. The predicted octanol–water partition coefficient (Wildman–Crippen LogP) is 3.87. The number of aromatic nitrogens is 3. The van der Waals surface area contributed by atoms with E-state index in [4.69, 9.17) is 0 Å². The number of hydrogen-bond acceptors (Lipinski definition) is 3. The van der Waals surface area contributed by atoms with Gasteiger partial charge in [-0.3, -0.25) is 4.90 Å². The smallest absolute Gasteiger partial charge is 0.133 e. The van der Waals surface area contributed by atoms with Gasteiger partial charge in [-0.15, -0.1) is 10.2 Å². The molecule has 4 nitrogen and oxygen atoms in total. The van der Waals surface area contributed by atoms with E-state index in [1.165, 1.54) is 36.5 Å². The summed E-state index contributed by atoms with van der Waals surface area (Å²) >= 11 is 0. The summed E-state index contributed by atoms with van der Waals surface area (Å²) in [6.07, 6.45) is 10.3. The molecule has 138 valence electrons. The standard InChI is InChI=1S/C21H27FN4/c22-19-9-7-17(8-10-19)18-11-15-25(16-12-18)13-4-6-21-24-23-20-5-2-1-3-14-26(20)21/h7-11H,1-6,12-16H2. The Balaban J connectivity index is 1.28. The number of aryl methyl sites for hydroxylation is 2. The molecule has 0 saturated carbocycles. The molecule has 0 saturated heterocycles. The number of nitrogens with zero attached hydrogens (tertiary/aromatic N) is 4. The Kier molecular flexibility index (Phi) is 5.44. The van der Waals surface area contributed by atoms with E-state index in [-0.39, 0.29) is 5.82 Å². The molecule has 2 aliphatic heterocycles. The molecule has 5 heteroatoms. The first-order valence-electron chi connectivity index (χ1n) is 9.88. The quantitative estimate of drug-likeness (QED) is 0.817. The maximum absolute atomic E-state index is 13.1. The van der Waals surface area contributed by atoms with Crippen LogP contribution in [0.15, 0.2) is 30.3 Å². The summed E-state index contributed by atoms with van der Waals surface area (Å²) in [6, 6.07) is 6.86.